The van der Waals surface area contributed by atoms with Crippen LogP contribution in [0, 0.1) is 11.8 Å². The third-order valence-electron chi connectivity index (χ3n) is 5.97. The van der Waals surface area contributed by atoms with Crippen molar-refractivity contribution in [2.45, 2.75) is 44.9 Å². The fraction of sp³-hybridized carbons (Fsp3) is 0.524. The van der Waals surface area contributed by atoms with Crippen LogP contribution in [0.1, 0.15) is 43.2 Å². The van der Waals surface area contributed by atoms with Gasteiger partial charge in [-0.05, 0) is 55.4 Å². The molecule has 3 amide bonds. The summed E-state index contributed by atoms with van der Waals surface area (Å²) in [6, 6.07) is 5.80. The quantitative estimate of drug-likeness (QED) is 0.618. The number of hydrogen-bond donors (Lipinski definition) is 1. The lowest BCUT2D eigenvalue weighted by Gasteiger charge is -2.19. The molecular formula is C21H24N2O5. The molecule has 2 atom stereocenters. The Kier molecular flexibility index (Phi) is 5.15. The lowest BCUT2D eigenvalue weighted by Crippen LogP contribution is -2.37. The summed E-state index contributed by atoms with van der Waals surface area (Å²) < 4.78 is 4.98. The average Bonchev–Trinajstić information content (AvgIpc) is 3.25. The number of imide groups is 1. The highest BCUT2D eigenvalue weighted by atomic mass is 16.5. The molecule has 4 rings (SSSR count). The van der Waals surface area contributed by atoms with Gasteiger partial charge < -0.3 is 10.1 Å². The molecule has 0 spiro atoms. The number of carbonyl (C=O) groups excluding carboxylic acids is 4. The zero-order valence-electron chi connectivity index (χ0n) is 15.7. The number of aryl methyl sites for hydroxylation is 2. The molecule has 1 heterocycles. The predicted octanol–water partition coefficient (Wildman–Crippen LogP) is 1.83. The van der Waals surface area contributed by atoms with Crippen LogP contribution in [0.3, 0.4) is 0 Å². The molecule has 0 radical (unpaired) electrons. The van der Waals surface area contributed by atoms with Gasteiger partial charge in [-0.15, -0.1) is 0 Å². The van der Waals surface area contributed by atoms with Crippen molar-refractivity contribution in [2.24, 2.45) is 11.8 Å². The largest absolute Gasteiger partial charge is 0.454 e. The van der Waals surface area contributed by atoms with E-state index < -0.39 is 25.0 Å². The third kappa shape index (κ3) is 3.66. The molecule has 0 bridgehead atoms. The van der Waals surface area contributed by atoms with Crippen LogP contribution in [0.4, 0.5) is 5.69 Å². The number of benzene rings is 1. The molecule has 0 unspecified atom stereocenters. The highest BCUT2D eigenvalue weighted by Crippen LogP contribution is 2.37. The molecule has 7 nitrogen and oxygen atoms in total. The minimum atomic E-state index is -0.746. The number of likely N-dealkylation sites (tertiary alicyclic amines) is 1. The fourth-order valence-corrected chi connectivity index (χ4v) is 4.55. The second kappa shape index (κ2) is 7.73. The summed E-state index contributed by atoms with van der Waals surface area (Å²) in [5, 5.41) is 2.72. The second-order valence-corrected chi connectivity index (χ2v) is 7.81. The van der Waals surface area contributed by atoms with Crippen molar-refractivity contribution in [1.29, 1.82) is 0 Å². The van der Waals surface area contributed by atoms with Crippen LogP contribution >= 0.6 is 0 Å². The number of nitrogens with one attached hydrogen (secondary N) is 1. The Morgan fingerprint density at radius 2 is 1.68 bits per heavy atom. The van der Waals surface area contributed by atoms with Crippen molar-refractivity contribution < 1.29 is 23.9 Å². The van der Waals surface area contributed by atoms with E-state index in [2.05, 4.69) is 5.32 Å². The second-order valence-electron chi connectivity index (χ2n) is 7.81. The number of esters is 1. The first-order valence-corrected chi connectivity index (χ1v) is 9.95. The first kappa shape index (κ1) is 18.7. The molecule has 3 aliphatic rings. The van der Waals surface area contributed by atoms with Gasteiger partial charge >= 0.3 is 5.97 Å². The molecule has 7 heteroatoms. The number of carbonyl (C=O) groups is 4. The van der Waals surface area contributed by atoms with Gasteiger partial charge in [0.15, 0.2) is 6.61 Å². The molecule has 1 N–H and O–H groups in total. The van der Waals surface area contributed by atoms with E-state index in [1.54, 1.807) is 0 Å². The maximum Gasteiger partial charge on any atom is 0.326 e. The van der Waals surface area contributed by atoms with Crippen molar-refractivity contribution in [2.75, 3.05) is 18.5 Å². The van der Waals surface area contributed by atoms with Gasteiger partial charge in [0.2, 0.25) is 11.8 Å². The van der Waals surface area contributed by atoms with E-state index in [-0.39, 0.29) is 23.7 Å². The molecule has 1 aromatic carbocycles. The number of nitrogens with zero attached hydrogens (tertiary/aromatic N) is 1. The smallest absolute Gasteiger partial charge is 0.326 e. The lowest BCUT2D eigenvalue weighted by atomic mass is 9.81. The van der Waals surface area contributed by atoms with E-state index in [9.17, 15) is 19.2 Å². The number of rotatable bonds is 5. The van der Waals surface area contributed by atoms with Gasteiger partial charge in [-0.2, -0.15) is 0 Å². The Labute approximate surface area is 163 Å². The van der Waals surface area contributed by atoms with E-state index in [1.807, 2.05) is 18.2 Å². The minimum absolute atomic E-state index is 0.283. The van der Waals surface area contributed by atoms with E-state index >= 15 is 0 Å². The topological polar surface area (TPSA) is 92.8 Å². The van der Waals surface area contributed by atoms with Gasteiger partial charge in [0, 0.05) is 5.69 Å². The Hall–Kier alpha value is -2.70. The summed E-state index contributed by atoms with van der Waals surface area (Å²) in [7, 11) is 0. The van der Waals surface area contributed by atoms with Crippen LogP contribution in [0.5, 0.6) is 0 Å². The van der Waals surface area contributed by atoms with Crippen molar-refractivity contribution >= 4 is 29.4 Å². The standard InChI is InChI=1S/C21H24N2O5/c24-18(22-15-9-8-13-4-3-5-14(13)10-15)12-28-19(25)11-23-20(26)16-6-1-2-7-17(16)21(23)27/h8-10,16-17H,1-7,11-12H2,(H,22,24)/t16-,17-/m1/s1. The summed E-state index contributed by atoms with van der Waals surface area (Å²) in [6.45, 7) is -0.865. The summed E-state index contributed by atoms with van der Waals surface area (Å²) in [6.07, 6.45) is 6.46. The van der Waals surface area contributed by atoms with Crippen LogP contribution in [0.15, 0.2) is 18.2 Å². The summed E-state index contributed by atoms with van der Waals surface area (Å²) >= 11 is 0. The maximum absolute atomic E-state index is 12.4. The summed E-state index contributed by atoms with van der Waals surface area (Å²) in [5.41, 5.74) is 3.22. The SMILES string of the molecule is O=C(COC(=O)CN1C(=O)[C@@H]2CCCC[C@H]2C1=O)Nc1ccc2c(c1)CCC2. The lowest BCUT2D eigenvalue weighted by molar-refractivity contribution is -0.154. The van der Waals surface area contributed by atoms with Gasteiger partial charge in [0.1, 0.15) is 6.54 Å². The van der Waals surface area contributed by atoms with E-state index in [0.717, 1.165) is 37.0 Å². The van der Waals surface area contributed by atoms with Gasteiger partial charge in [-0.25, -0.2) is 0 Å². The van der Waals surface area contributed by atoms with Crippen molar-refractivity contribution in [1.82, 2.24) is 4.90 Å². The number of anilines is 1. The molecule has 1 aliphatic heterocycles. The summed E-state index contributed by atoms with van der Waals surface area (Å²) in [4.78, 5) is 49.9. The van der Waals surface area contributed by atoms with Crippen LogP contribution in [-0.2, 0) is 36.8 Å². The van der Waals surface area contributed by atoms with Crippen LogP contribution in [0.25, 0.3) is 0 Å². The van der Waals surface area contributed by atoms with Crippen LogP contribution < -0.4 is 5.32 Å². The van der Waals surface area contributed by atoms with Gasteiger partial charge in [0.05, 0.1) is 11.8 Å². The third-order valence-corrected chi connectivity index (χ3v) is 5.97. The number of ether oxygens (including phenoxy) is 1. The van der Waals surface area contributed by atoms with Gasteiger partial charge in [-0.1, -0.05) is 18.9 Å². The fourth-order valence-electron chi connectivity index (χ4n) is 4.55. The molecular weight excluding hydrogens is 360 g/mol. The van der Waals surface area contributed by atoms with Crippen molar-refractivity contribution in [3.63, 3.8) is 0 Å². The molecule has 2 aliphatic carbocycles. The van der Waals surface area contributed by atoms with Crippen molar-refractivity contribution in [3.05, 3.63) is 29.3 Å². The number of amides is 3. The first-order chi connectivity index (χ1) is 13.5. The van der Waals surface area contributed by atoms with E-state index in [4.69, 9.17) is 4.74 Å². The normalized spacial score (nSPS) is 23.4. The van der Waals surface area contributed by atoms with Crippen molar-refractivity contribution in [3.8, 4) is 0 Å². The Morgan fingerprint density at radius 1 is 1.00 bits per heavy atom. The molecule has 148 valence electrons. The molecule has 28 heavy (non-hydrogen) atoms. The monoisotopic (exact) mass is 384 g/mol. The predicted molar refractivity (Wildman–Crippen MR) is 100 cm³/mol. The number of fused-ring (bicyclic) bond motifs is 2. The van der Waals surface area contributed by atoms with Gasteiger partial charge in [0.25, 0.3) is 5.91 Å². The van der Waals surface area contributed by atoms with E-state index in [0.29, 0.717) is 18.5 Å². The number of hydrogen-bond acceptors (Lipinski definition) is 5. The summed E-state index contributed by atoms with van der Waals surface area (Å²) in [5.74, 6) is -2.35. The molecule has 0 aromatic heterocycles. The minimum Gasteiger partial charge on any atom is -0.454 e. The average molecular weight is 384 g/mol. The zero-order chi connectivity index (χ0) is 19.7. The zero-order valence-corrected chi connectivity index (χ0v) is 15.7. The Balaban J connectivity index is 1.27. The molecule has 1 saturated carbocycles. The molecule has 1 saturated heterocycles. The first-order valence-electron chi connectivity index (χ1n) is 9.95. The highest BCUT2D eigenvalue weighted by Gasteiger charge is 2.48. The van der Waals surface area contributed by atoms with Gasteiger partial charge in [-0.3, -0.25) is 24.1 Å². The molecule has 2 fully saturated rings. The Morgan fingerprint density at radius 3 is 2.39 bits per heavy atom. The Bertz CT molecular complexity index is 810. The van der Waals surface area contributed by atoms with E-state index in [1.165, 1.54) is 11.1 Å². The van der Waals surface area contributed by atoms with Crippen LogP contribution in [0.2, 0.25) is 0 Å². The van der Waals surface area contributed by atoms with Crippen LogP contribution in [-0.4, -0.2) is 41.7 Å². The highest BCUT2D eigenvalue weighted by molar-refractivity contribution is 6.07. The maximum atomic E-state index is 12.4. The molecule has 1 aromatic rings.